The third kappa shape index (κ3) is 3.92. The van der Waals surface area contributed by atoms with Crippen LogP contribution in [0.3, 0.4) is 0 Å². The number of carboxylic acids is 1. The summed E-state index contributed by atoms with van der Waals surface area (Å²) in [5.74, 6) is -0.271. The van der Waals surface area contributed by atoms with Gasteiger partial charge in [-0.05, 0) is 50.2 Å². The number of rotatable bonds is 8. The van der Waals surface area contributed by atoms with Gasteiger partial charge in [-0.25, -0.2) is 0 Å². The molecule has 1 aromatic rings. The Morgan fingerprint density at radius 1 is 1.41 bits per heavy atom. The molecule has 0 aromatic carbocycles. The molecule has 2 aliphatic heterocycles. The second-order valence-corrected chi connectivity index (χ2v) is 9.00. The van der Waals surface area contributed by atoms with Crippen molar-refractivity contribution in [3.63, 3.8) is 0 Å². The van der Waals surface area contributed by atoms with Gasteiger partial charge >= 0.3 is 5.97 Å². The summed E-state index contributed by atoms with van der Waals surface area (Å²) in [5.41, 5.74) is 3.09. The van der Waals surface area contributed by atoms with Crippen molar-refractivity contribution in [2.45, 2.75) is 64.1 Å². The van der Waals surface area contributed by atoms with Gasteiger partial charge in [0.25, 0.3) is 0 Å². The molecule has 1 aliphatic carbocycles. The number of aromatic nitrogens is 1. The number of anilines is 2. The topological polar surface area (TPSA) is 86.7 Å². The third-order valence-corrected chi connectivity index (χ3v) is 6.27. The second kappa shape index (κ2) is 7.86. The van der Waals surface area contributed by atoms with Gasteiger partial charge in [-0.2, -0.15) is 0 Å². The minimum atomic E-state index is -0.811. The van der Waals surface area contributed by atoms with Gasteiger partial charge in [0.2, 0.25) is 0 Å². The van der Waals surface area contributed by atoms with Gasteiger partial charge < -0.3 is 25.4 Å². The summed E-state index contributed by atoms with van der Waals surface area (Å²) in [4.78, 5) is 19.0. The van der Waals surface area contributed by atoms with Gasteiger partial charge in [-0.3, -0.25) is 9.78 Å². The molecule has 1 atom stereocenters. The molecule has 4 rings (SSSR count). The molecule has 7 nitrogen and oxygen atoms in total. The minimum Gasteiger partial charge on any atom is -0.481 e. The predicted molar refractivity (Wildman–Crippen MR) is 113 cm³/mol. The molecule has 2 fully saturated rings. The average molecular weight is 401 g/mol. The molecule has 0 radical (unpaired) electrons. The number of carbonyl (C=O) groups is 1. The summed E-state index contributed by atoms with van der Waals surface area (Å²) >= 11 is 0. The fourth-order valence-electron chi connectivity index (χ4n) is 4.24. The van der Waals surface area contributed by atoms with Crippen molar-refractivity contribution in [1.29, 1.82) is 0 Å². The molecule has 29 heavy (non-hydrogen) atoms. The smallest absolute Gasteiger partial charge is 0.315 e. The maximum Gasteiger partial charge on any atom is 0.315 e. The number of nitrogens with zero attached hydrogens (tertiary/aromatic N) is 2. The van der Waals surface area contributed by atoms with Crippen molar-refractivity contribution in [3.8, 4) is 0 Å². The highest BCUT2D eigenvalue weighted by atomic mass is 16.5. The van der Waals surface area contributed by atoms with Crippen LogP contribution in [0, 0.1) is 5.92 Å². The highest BCUT2D eigenvalue weighted by Crippen LogP contribution is 2.49. The van der Waals surface area contributed by atoms with E-state index < -0.39 is 11.4 Å². The summed E-state index contributed by atoms with van der Waals surface area (Å²) in [6.45, 7) is 9.02. The van der Waals surface area contributed by atoms with Gasteiger partial charge in [0.1, 0.15) is 11.6 Å². The normalized spacial score (nSPS) is 23.0. The summed E-state index contributed by atoms with van der Waals surface area (Å²) < 4.78 is 5.58. The molecule has 0 spiro atoms. The van der Waals surface area contributed by atoms with Crippen LogP contribution in [0.4, 0.5) is 11.4 Å². The van der Waals surface area contributed by atoms with E-state index in [1.54, 1.807) is 0 Å². The van der Waals surface area contributed by atoms with Crippen molar-refractivity contribution in [2.75, 3.05) is 30.0 Å². The van der Waals surface area contributed by atoms with E-state index in [2.05, 4.69) is 41.3 Å². The molecule has 1 saturated carbocycles. The summed E-state index contributed by atoms with van der Waals surface area (Å²) in [7, 11) is 0. The third-order valence-electron chi connectivity index (χ3n) is 6.27. The van der Waals surface area contributed by atoms with E-state index in [0.29, 0.717) is 30.5 Å². The van der Waals surface area contributed by atoms with Crippen molar-refractivity contribution in [1.82, 2.24) is 10.3 Å². The number of pyridine rings is 1. The molecular formula is C22H32N4O3. The van der Waals surface area contributed by atoms with E-state index >= 15 is 0 Å². The number of ether oxygens (including phenoxy) is 1. The van der Waals surface area contributed by atoms with E-state index in [9.17, 15) is 9.90 Å². The molecule has 3 aliphatic rings. The van der Waals surface area contributed by atoms with E-state index in [-0.39, 0.29) is 6.17 Å². The van der Waals surface area contributed by atoms with Gasteiger partial charge in [0, 0.05) is 32.0 Å². The van der Waals surface area contributed by atoms with E-state index in [4.69, 9.17) is 4.74 Å². The van der Waals surface area contributed by atoms with Crippen molar-refractivity contribution in [3.05, 3.63) is 29.7 Å². The zero-order valence-electron chi connectivity index (χ0n) is 17.6. The van der Waals surface area contributed by atoms with Crippen LogP contribution in [-0.4, -0.2) is 48.0 Å². The zero-order chi connectivity index (χ0) is 20.6. The number of aliphatic carboxylic acids is 1. The summed E-state index contributed by atoms with van der Waals surface area (Å²) in [5, 5.41) is 16.6. The first-order chi connectivity index (χ1) is 13.9. The molecule has 1 aromatic heterocycles. The highest BCUT2D eigenvalue weighted by molar-refractivity contribution is 5.85. The van der Waals surface area contributed by atoms with Gasteiger partial charge in [0.15, 0.2) is 0 Å². The quantitative estimate of drug-likeness (QED) is 0.618. The Balaban J connectivity index is 1.71. The number of hydrogen-bond acceptors (Lipinski definition) is 6. The Kier molecular flexibility index (Phi) is 5.42. The maximum absolute atomic E-state index is 11.8. The first-order valence-electron chi connectivity index (χ1n) is 10.7. The second-order valence-electron chi connectivity index (χ2n) is 9.00. The predicted octanol–water partition coefficient (Wildman–Crippen LogP) is 3.08. The van der Waals surface area contributed by atoms with Crippen LogP contribution in [0.2, 0.25) is 0 Å². The Hall–Kier alpha value is -2.28. The Morgan fingerprint density at radius 3 is 2.66 bits per heavy atom. The average Bonchev–Trinajstić information content (AvgIpc) is 3.52. The van der Waals surface area contributed by atoms with Crippen LogP contribution in [0.5, 0.6) is 0 Å². The van der Waals surface area contributed by atoms with Crippen LogP contribution < -0.4 is 15.5 Å². The molecule has 1 saturated heterocycles. The number of nitrogens with one attached hydrogen (secondary N) is 2. The number of carboxylic acid groups (broad SMARTS) is 1. The Labute approximate surface area is 172 Å². The Bertz CT molecular complexity index is 797. The standard InChI is InChI=1S/C22H32N4O3/c1-14(2)13-26(16-4-8-29-9-5-16)18-12-23-19(22(6-7-22)21(27)28)10-17(18)25-20-15(3)11-24-20/h10-12,14,16,20,24H,4-9,13H2,1-3H3,(H,23,25)(H,27,28)/t20-/m1/s1. The van der Waals surface area contributed by atoms with Crippen LogP contribution >= 0.6 is 0 Å². The zero-order valence-corrected chi connectivity index (χ0v) is 17.6. The summed E-state index contributed by atoms with van der Waals surface area (Å²) in [6, 6.07) is 2.37. The molecule has 0 amide bonds. The molecule has 3 heterocycles. The summed E-state index contributed by atoms with van der Waals surface area (Å²) in [6.07, 6.45) is 7.25. The monoisotopic (exact) mass is 400 g/mol. The molecular weight excluding hydrogens is 368 g/mol. The molecule has 7 heteroatoms. The number of hydrogen-bond donors (Lipinski definition) is 3. The first kappa shape index (κ1) is 20.0. The minimum absolute atomic E-state index is 0.0690. The fourth-order valence-corrected chi connectivity index (χ4v) is 4.24. The van der Waals surface area contributed by atoms with Crippen molar-refractivity contribution < 1.29 is 14.6 Å². The lowest BCUT2D eigenvalue weighted by Crippen LogP contribution is -2.44. The highest BCUT2D eigenvalue weighted by Gasteiger charge is 2.53. The van der Waals surface area contributed by atoms with E-state index in [1.807, 2.05) is 18.5 Å². The maximum atomic E-state index is 11.8. The lowest BCUT2D eigenvalue weighted by Gasteiger charge is -2.39. The lowest BCUT2D eigenvalue weighted by atomic mass is 9.99. The van der Waals surface area contributed by atoms with E-state index in [1.165, 1.54) is 5.57 Å². The van der Waals surface area contributed by atoms with Crippen LogP contribution in [0.1, 0.15) is 52.1 Å². The van der Waals surface area contributed by atoms with Gasteiger partial charge in [-0.15, -0.1) is 0 Å². The van der Waals surface area contributed by atoms with Gasteiger partial charge in [0.05, 0.1) is 23.3 Å². The molecule has 0 bridgehead atoms. The largest absolute Gasteiger partial charge is 0.481 e. The van der Waals surface area contributed by atoms with Gasteiger partial charge in [-0.1, -0.05) is 13.8 Å². The lowest BCUT2D eigenvalue weighted by molar-refractivity contribution is -0.140. The fraction of sp³-hybridized carbons (Fsp3) is 0.636. The van der Waals surface area contributed by atoms with Crippen molar-refractivity contribution in [2.24, 2.45) is 5.92 Å². The Morgan fingerprint density at radius 2 is 2.14 bits per heavy atom. The first-order valence-corrected chi connectivity index (χ1v) is 10.7. The van der Waals surface area contributed by atoms with Crippen LogP contribution in [0.15, 0.2) is 24.0 Å². The SMILES string of the molecule is CC1=CN[C@@H]1Nc1cc(C2(C(=O)O)CC2)ncc1N(CC(C)C)C1CCOCC1. The van der Waals surface area contributed by atoms with Crippen LogP contribution in [-0.2, 0) is 14.9 Å². The molecule has 158 valence electrons. The molecule has 0 unspecified atom stereocenters. The van der Waals surface area contributed by atoms with E-state index in [0.717, 1.165) is 44.0 Å². The molecule has 3 N–H and O–H groups in total. The van der Waals surface area contributed by atoms with Crippen LogP contribution in [0.25, 0.3) is 0 Å². The van der Waals surface area contributed by atoms with Crippen molar-refractivity contribution >= 4 is 17.3 Å².